The molecule has 0 aliphatic carbocycles. The molecule has 0 aliphatic rings. The quantitative estimate of drug-likeness (QED) is 0.695. The highest BCUT2D eigenvalue weighted by Crippen LogP contribution is 2.37. The van der Waals surface area contributed by atoms with Crippen molar-refractivity contribution in [3.8, 4) is 16.9 Å². The van der Waals surface area contributed by atoms with Gasteiger partial charge >= 0.3 is 0 Å². The zero-order valence-corrected chi connectivity index (χ0v) is 10.2. The maximum atomic E-state index is 11.2. The van der Waals surface area contributed by atoms with Gasteiger partial charge < -0.3 is 5.11 Å². The van der Waals surface area contributed by atoms with Crippen molar-refractivity contribution < 1.29 is 9.90 Å². The largest absolute Gasteiger partial charge is 0.507 e. The maximum Gasteiger partial charge on any atom is 0.150 e. The second-order valence-corrected chi connectivity index (χ2v) is 4.39. The molecule has 0 atom stereocenters. The predicted octanol–water partition coefficient (Wildman–Crippen LogP) is 4.02. The normalized spacial score (nSPS) is 10.5. The standard InChI is InChI=1S/C17H12O2/c18-11-13-6-2-4-8-15(13)17-14-7-3-1-5-12(14)9-10-16(17)19/h1-11,19H. The van der Waals surface area contributed by atoms with Crippen molar-refractivity contribution in [3.63, 3.8) is 0 Å². The number of carbonyl (C=O) groups is 1. The summed E-state index contributed by atoms with van der Waals surface area (Å²) in [7, 11) is 0. The van der Waals surface area contributed by atoms with Crippen LogP contribution < -0.4 is 0 Å². The van der Waals surface area contributed by atoms with Crippen LogP contribution in [0.15, 0.2) is 60.7 Å². The van der Waals surface area contributed by atoms with E-state index in [2.05, 4.69) is 0 Å². The monoisotopic (exact) mass is 248 g/mol. The van der Waals surface area contributed by atoms with Crippen molar-refractivity contribution >= 4 is 17.1 Å². The fraction of sp³-hybridized carbons (Fsp3) is 0. The highest BCUT2D eigenvalue weighted by molar-refractivity contribution is 6.03. The second kappa shape index (κ2) is 4.58. The molecular formula is C17H12O2. The van der Waals surface area contributed by atoms with Crippen LogP contribution in [-0.4, -0.2) is 11.4 Å². The van der Waals surface area contributed by atoms with Crippen LogP contribution in [-0.2, 0) is 0 Å². The van der Waals surface area contributed by atoms with E-state index in [1.165, 1.54) is 0 Å². The third kappa shape index (κ3) is 1.87. The molecule has 0 aliphatic heterocycles. The summed E-state index contributed by atoms with van der Waals surface area (Å²) in [5, 5.41) is 12.1. The van der Waals surface area contributed by atoms with E-state index in [0.717, 1.165) is 22.6 Å². The first-order chi connectivity index (χ1) is 9.31. The maximum absolute atomic E-state index is 11.2. The first-order valence-electron chi connectivity index (χ1n) is 6.06. The molecule has 2 nitrogen and oxygen atoms in total. The Morgan fingerprint density at radius 2 is 1.58 bits per heavy atom. The number of aldehydes is 1. The van der Waals surface area contributed by atoms with Crippen LogP contribution in [0.3, 0.4) is 0 Å². The van der Waals surface area contributed by atoms with E-state index in [1.54, 1.807) is 12.1 Å². The second-order valence-electron chi connectivity index (χ2n) is 4.39. The topological polar surface area (TPSA) is 37.3 Å². The number of benzene rings is 3. The molecule has 3 aromatic carbocycles. The average Bonchev–Trinajstić information content (AvgIpc) is 2.47. The molecule has 3 aromatic rings. The molecule has 0 aromatic heterocycles. The number of aromatic hydroxyl groups is 1. The summed E-state index contributed by atoms with van der Waals surface area (Å²) in [5.74, 6) is 0.188. The minimum Gasteiger partial charge on any atom is -0.507 e. The molecule has 0 fully saturated rings. The zero-order chi connectivity index (χ0) is 13.2. The van der Waals surface area contributed by atoms with Crippen LogP contribution in [0.5, 0.6) is 5.75 Å². The van der Waals surface area contributed by atoms with Crippen molar-refractivity contribution in [2.24, 2.45) is 0 Å². The van der Waals surface area contributed by atoms with Crippen LogP contribution in [0.25, 0.3) is 21.9 Å². The fourth-order valence-corrected chi connectivity index (χ4v) is 2.37. The van der Waals surface area contributed by atoms with Crippen LogP contribution in [0, 0.1) is 0 Å². The number of rotatable bonds is 2. The molecular weight excluding hydrogens is 236 g/mol. The number of carbonyl (C=O) groups excluding carboxylic acids is 1. The highest BCUT2D eigenvalue weighted by atomic mass is 16.3. The van der Waals surface area contributed by atoms with Gasteiger partial charge in [0.15, 0.2) is 6.29 Å². The van der Waals surface area contributed by atoms with Crippen LogP contribution in [0.4, 0.5) is 0 Å². The molecule has 1 N–H and O–H groups in total. The lowest BCUT2D eigenvalue weighted by atomic mass is 9.94. The Bertz CT molecular complexity index is 760. The molecule has 3 rings (SSSR count). The predicted molar refractivity (Wildman–Crippen MR) is 76.4 cm³/mol. The molecule has 0 radical (unpaired) electrons. The fourth-order valence-electron chi connectivity index (χ4n) is 2.37. The van der Waals surface area contributed by atoms with E-state index in [0.29, 0.717) is 11.1 Å². The van der Waals surface area contributed by atoms with Gasteiger partial charge in [-0.15, -0.1) is 0 Å². The average molecular weight is 248 g/mol. The van der Waals surface area contributed by atoms with Crippen LogP contribution in [0.1, 0.15) is 10.4 Å². The van der Waals surface area contributed by atoms with Gasteiger partial charge in [0, 0.05) is 11.1 Å². The molecule has 0 unspecified atom stereocenters. The summed E-state index contributed by atoms with van der Waals surface area (Å²) in [6, 6.07) is 18.6. The lowest BCUT2D eigenvalue weighted by Gasteiger charge is -2.11. The van der Waals surface area contributed by atoms with Gasteiger partial charge in [-0.25, -0.2) is 0 Å². The summed E-state index contributed by atoms with van der Waals surface area (Å²) in [6.45, 7) is 0. The Morgan fingerprint density at radius 1 is 0.842 bits per heavy atom. The Kier molecular flexibility index (Phi) is 2.76. The van der Waals surface area contributed by atoms with Crippen molar-refractivity contribution in [1.29, 1.82) is 0 Å². The van der Waals surface area contributed by atoms with Gasteiger partial charge in [-0.1, -0.05) is 54.6 Å². The van der Waals surface area contributed by atoms with E-state index in [-0.39, 0.29) is 5.75 Å². The molecule has 0 spiro atoms. The minimum atomic E-state index is 0.188. The summed E-state index contributed by atoms with van der Waals surface area (Å²) >= 11 is 0. The van der Waals surface area contributed by atoms with Gasteiger partial charge in [0.1, 0.15) is 5.75 Å². The van der Waals surface area contributed by atoms with Gasteiger partial charge in [-0.2, -0.15) is 0 Å². The van der Waals surface area contributed by atoms with E-state index in [1.807, 2.05) is 48.5 Å². The Balaban J connectivity index is 2.42. The summed E-state index contributed by atoms with van der Waals surface area (Å²) in [4.78, 5) is 11.2. The third-order valence-corrected chi connectivity index (χ3v) is 3.26. The number of phenols is 1. The summed E-state index contributed by atoms with van der Waals surface area (Å²) in [6.07, 6.45) is 0.816. The van der Waals surface area contributed by atoms with Crippen molar-refractivity contribution in [2.75, 3.05) is 0 Å². The number of hydrogen-bond acceptors (Lipinski definition) is 2. The molecule has 0 saturated heterocycles. The van der Waals surface area contributed by atoms with E-state index in [9.17, 15) is 9.90 Å². The van der Waals surface area contributed by atoms with Gasteiger partial charge in [-0.05, 0) is 22.4 Å². The number of fused-ring (bicyclic) bond motifs is 1. The molecule has 0 amide bonds. The van der Waals surface area contributed by atoms with Crippen molar-refractivity contribution in [1.82, 2.24) is 0 Å². The lowest BCUT2D eigenvalue weighted by molar-refractivity contribution is 0.112. The molecule has 0 saturated carbocycles. The molecule has 0 heterocycles. The minimum absolute atomic E-state index is 0.188. The van der Waals surface area contributed by atoms with Gasteiger partial charge in [0.05, 0.1) is 0 Å². The summed E-state index contributed by atoms with van der Waals surface area (Å²) in [5.41, 5.74) is 2.04. The molecule has 92 valence electrons. The molecule has 0 bridgehead atoms. The Labute approximate surface area is 110 Å². The Hall–Kier alpha value is -2.61. The van der Waals surface area contributed by atoms with Crippen molar-refractivity contribution in [3.05, 3.63) is 66.2 Å². The summed E-state index contributed by atoms with van der Waals surface area (Å²) < 4.78 is 0. The SMILES string of the molecule is O=Cc1ccccc1-c1c(O)ccc2ccccc12. The first-order valence-corrected chi connectivity index (χ1v) is 6.06. The van der Waals surface area contributed by atoms with Crippen molar-refractivity contribution in [2.45, 2.75) is 0 Å². The van der Waals surface area contributed by atoms with E-state index < -0.39 is 0 Å². The van der Waals surface area contributed by atoms with Gasteiger partial charge in [-0.3, -0.25) is 4.79 Å². The smallest absolute Gasteiger partial charge is 0.150 e. The molecule has 19 heavy (non-hydrogen) atoms. The van der Waals surface area contributed by atoms with Gasteiger partial charge in [0.25, 0.3) is 0 Å². The zero-order valence-electron chi connectivity index (χ0n) is 10.2. The Morgan fingerprint density at radius 3 is 2.42 bits per heavy atom. The van der Waals surface area contributed by atoms with Crippen LogP contribution >= 0.6 is 0 Å². The van der Waals surface area contributed by atoms with Gasteiger partial charge in [0.2, 0.25) is 0 Å². The van der Waals surface area contributed by atoms with E-state index in [4.69, 9.17) is 0 Å². The first kappa shape index (κ1) is 11.5. The highest BCUT2D eigenvalue weighted by Gasteiger charge is 2.12. The lowest BCUT2D eigenvalue weighted by Crippen LogP contribution is -1.89. The van der Waals surface area contributed by atoms with E-state index >= 15 is 0 Å². The molecule has 2 heteroatoms. The number of hydrogen-bond donors (Lipinski definition) is 1. The number of phenolic OH excluding ortho intramolecular Hbond substituents is 1. The third-order valence-electron chi connectivity index (χ3n) is 3.26. The van der Waals surface area contributed by atoms with Crippen LogP contribution in [0.2, 0.25) is 0 Å².